The average molecular weight is 325 g/mol. The van der Waals surface area contributed by atoms with Crippen molar-refractivity contribution in [2.45, 2.75) is 45.2 Å². The number of nitrogens with zero attached hydrogens (tertiary/aromatic N) is 1. The van der Waals surface area contributed by atoms with Gasteiger partial charge in [0, 0.05) is 28.0 Å². The fourth-order valence-electron chi connectivity index (χ4n) is 2.25. The van der Waals surface area contributed by atoms with Gasteiger partial charge in [0.05, 0.1) is 5.69 Å². The number of aryl methyl sites for hydroxylation is 1. The van der Waals surface area contributed by atoms with E-state index in [9.17, 15) is 4.39 Å². The molecule has 0 saturated heterocycles. The monoisotopic (exact) mass is 324 g/mol. The Morgan fingerprint density at radius 3 is 2.95 bits per heavy atom. The van der Waals surface area contributed by atoms with Crippen molar-refractivity contribution in [1.29, 1.82) is 0 Å². The molecule has 1 N–H and O–H groups in total. The van der Waals surface area contributed by atoms with Crippen LogP contribution >= 0.6 is 22.9 Å². The summed E-state index contributed by atoms with van der Waals surface area (Å²) in [5.41, 5.74) is 1.59. The van der Waals surface area contributed by atoms with Crippen molar-refractivity contribution in [3.8, 4) is 10.6 Å². The molecule has 2 nitrogen and oxygen atoms in total. The Balaban J connectivity index is 1.90. The second-order valence-electron chi connectivity index (χ2n) is 5.42. The fourth-order valence-corrected chi connectivity index (χ4v) is 3.50. The minimum atomic E-state index is -0.266. The summed E-state index contributed by atoms with van der Waals surface area (Å²) >= 11 is 7.56. The second kappa shape index (κ2) is 6.42. The van der Waals surface area contributed by atoms with Gasteiger partial charge in [0.2, 0.25) is 0 Å². The maximum Gasteiger partial charge on any atom is 0.133 e. The van der Waals surface area contributed by atoms with Gasteiger partial charge < -0.3 is 5.32 Å². The van der Waals surface area contributed by atoms with Crippen molar-refractivity contribution in [1.82, 2.24) is 10.3 Å². The van der Waals surface area contributed by atoms with Crippen molar-refractivity contribution >= 4 is 22.9 Å². The molecular formula is C16H18ClFN2S. The lowest BCUT2D eigenvalue weighted by molar-refractivity contribution is 0.631. The molecule has 0 bridgehead atoms. The maximum absolute atomic E-state index is 14.0. The average Bonchev–Trinajstić information content (AvgIpc) is 3.21. The van der Waals surface area contributed by atoms with Crippen LogP contribution in [0.3, 0.4) is 0 Å². The molecule has 112 valence electrons. The van der Waals surface area contributed by atoms with E-state index >= 15 is 0 Å². The van der Waals surface area contributed by atoms with E-state index in [0.29, 0.717) is 16.6 Å². The van der Waals surface area contributed by atoms with Crippen LogP contribution < -0.4 is 5.32 Å². The van der Waals surface area contributed by atoms with Crippen LogP contribution in [-0.2, 0) is 13.0 Å². The van der Waals surface area contributed by atoms with Crippen LogP contribution in [0, 0.1) is 5.82 Å². The lowest BCUT2D eigenvalue weighted by Gasteiger charge is -2.01. The first-order valence-electron chi connectivity index (χ1n) is 7.34. The largest absolute Gasteiger partial charge is 0.309 e. The van der Waals surface area contributed by atoms with Crippen molar-refractivity contribution in [3.05, 3.63) is 39.6 Å². The molecule has 5 heteroatoms. The number of aromatic nitrogens is 1. The van der Waals surface area contributed by atoms with Crippen LogP contribution in [0.5, 0.6) is 0 Å². The summed E-state index contributed by atoms with van der Waals surface area (Å²) in [6, 6.07) is 5.29. The Labute approximate surface area is 133 Å². The van der Waals surface area contributed by atoms with E-state index in [0.717, 1.165) is 30.1 Å². The van der Waals surface area contributed by atoms with E-state index in [1.807, 2.05) is 0 Å². The topological polar surface area (TPSA) is 24.9 Å². The van der Waals surface area contributed by atoms with Gasteiger partial charge >= 0.3 is 0 Å². The Hall–Kier alpha value is -0.970. The first kappa shape index (κ1) is 14.9. The van der Waals surface area contributed by atoms with Gasteiger partial charge in [-0.2, -0.15) is 0 Å². The van der Waals surface area contributed by atoms with Crippen LogP contribution in [0.15, 0.2) is 18.2 Å². The number of rotatable bonds is 6. The Kier molecular flexibility index (Phi) is 4.57. The zero-order valence-corrected chi connectivity index (χ0v) is 13.5. The third-order valence-electron chi connectivity index (χ3n) is 3.55. The lowest BCUT2D eigenvalue weighted by Crippen LogP contribution is -2.15. The van der Waals surface area contributed by atoms with Crippen molar-refractivity contribution < 1.29 is 4.39 Å². The molecule has 0 unspecified atom stereocenters. The van der Waals surface area contributed by atoms with Gasteiger partial charge in [-0.15, -0.1) is 11.3 Å². The highest BCUT2D eigenvalue weighted by atomic mass is 35.5. The molecule has 0 radical (unpaired) electrons. The van der Waals surface area contributed by atoms with Crippen molar-refractivity contribution in [2.75, 3.05) is 0 Å². The summed E-state index contributed by atoms with van der Waals surface area (Å²) in [6.07, 6.45) is 4.49. The molecule has 0 aliphatic heterocycles. The first-order valence-corrected chi connectivity index (χ1v) is 8.54. The predicted molar refractivity (Wildman–Crippen MR) is 86.4 cm³/mol. The zero-order chi connectivity index (χ0) is 14.8. The standard InChI is InChI=1S/C16H18ClFN2S/c1-2-3-14-15(9-19-11-5-6-11)21-16(20-14)12-8-10(17)4-7-13(12)18/h4,7-8,11,19H,2-3,5-6,9H2,1H3. The summed E-state index contributed by atoms with van der Waals surface area (Å²) < 4.78 is 14.0. The summed E-state index contributed by atoms with van der Waals surface area (Å²) in [4.78, 5) is 5.87. The van der Waals surface area contributed by atoms with E-state index < -0.39 is 0 Å². The quantitative estimate of drug-likeness (QED) is 0.825. The number of benzene rings is 1. The normalized spacial score (nSPS) is 14.6. The number of halogens is 2. The lowest BCUT2D eigenvalue weighted by atomic mass is 10.2. The van der Waals surface area contributed by atoms with Crippen LogP contribution in [0.4, 0.5) is 4.39 Å². The van der Waals surface area contributed by atoms with E-state index in [4.69, 9.17) is 11.6 Å². The van der Waals surface area contributed by atoms with Crippen molar-refractivity contribution in [2.24, 2.45) is 0 Å². The third kappa shape index (κ3) is 3.62. The first-order chi connectivity index (χ1) is 10.2. The van der Waals surface area contributed by atoms with Crippen molar-refractivity contribution in [3.63, 3.8) is 0 Å². The zero-order valence-electron chi connectivity index (χ0n) is 12.0. The molecule has 0 spiro atoms. The second-order valence-corrected chi connectivity index (χ2v) is 6.94. The van der Waals surface area contributed by atoms with Gasteiger partial charge in [0.25, 0.3) is 0 Å². The van der Waals surface area contributed by atoms with Gasteiger partial charge in [0.1, 0.15) is 10.8 Å². The molecule has 1 heterocycles. The van der Waals surface area contributed by atoms with Gasteiger partial charge in [-0.25, -0.2) is 9.37 Å². The fraction of sp³-hybridized carbons (Fsp3) is 0.438. The molecule has 1 aliphatic carbocycles. The van der Waals surface area contributed by atoms with Gasteiger partial charge in [0.15, 0.2) is 0 Å². The van der Waals surface area contributed by atoms with Crippen LogP contribution in [0.1, 0.15) is 36.8 Å². The number of hydrogen-bond donors (Lipinski definition) is 1. The number of hydrogen-bond acceptors (Lipinski definition) is 3. The predicted octanol–water partition coefficient (Wildman–Crippen LogP) is 4.81. The molecule has 1 aromatic heterocycles. The minimum Gasteiger partial charge on any atom is -0.309 e. The summed E-state index contributed by atoms with van der Waals surface area (Å²) in [5.74, 6) is -0.266. The van der Waals surface area contributed by atoms with Gasteiger partial charge in [-0.1, -0.05) is 24.9 Å². The van der Waals surface area contributed by atoms with E-state index in [-0.39, 0.29) is 5.82 Å². The smallest absolute Gasteiger partial charge is 0.133 e. The van der Waals surface area contributed by atoms with E-state index in [1.165, 1.54) is 23.8 Å². The summed E-state index contributed by atoms with van der Waals surface area (Å²) in [7, 11) is 0. The van der Waals surface area contributed by atoms with Crippen LogP contribution in [0.25, 0.3) is 10.6 Å². The molecule has 21 heavy (non-hydrogen) atoms. The molecular weight excluding hydrogens is 307 g/mol. The molecule has 1 saturated carbocycles. The maximum atomic E-state index is 14.0. The van der Waals surface area contributed by atoms with Crippen LogP contribution in [0.2, 0.25) is 5.02 Å². The molecule has 0 amide bonds. The van der Waals surface area contributed by atoms with Gasteiger partial charge in [-0.3, -0.25) is 0 Å². The summed E-state index contributed by atoms with van der Waals surface area (Å²) in [6.45, 7) is 2.97. The van der Waals surface area contributed by atoms with E-state index in [2.05, 4.69) is 17.2 Å². The molecule has 1 aromatic carbocycles. The highest BCUT2D eigenvalue weighted by Gasteiger charge is 2.22. The summed E-state index contributed by atoms with van der Waals surface area (Å²) in [5, 5.41) is 4.78. The van der Waals surface area contributed by atoms with Crippen LogP contribution in [-0.4, -0.2) is 11.0 Å². The Bertz CT molecular complexity index is 637. The highest BCUT2D eigenvalue weighted by molar-refractivity contribution is 7.15. The molecule has 3 rings (SSSR count). The Morgan fingerprint density at radius 2 is 2.24 bits per heavy atom. The third-order valence-corrected chi connectivity index (χ3v) is 4.92. The number of nitrogens with one attached hydrogen (secondary N) is 1. The number of thiazole rings is 1. The SMILES string of the molecule is CCCc1nc(-c2cc(Cl)ccc2F)sc1CNC1CC1. The van der Waals surface area contributed by atoms with Gasteiger partial charge in [-0.05, 0) is 37.5 Å². The highest BCUT2D eigenvalue weighted by Crippen LogP contribution is 2.32. The van der Waals surface area contributed by atoms with E-state index in [1.54, 1.807) is 23.5 Å². The minimum absolute atomic E-state index is 0.266. The molecule has 2 aromatic rings. The molecule has 1 fully saturated rings. The Morgan fingerprint density at radius 1 is 1.43 bits per heavy atom. The molecule has 1 aliphatic rings. The molecule has 0 atom stereocenters.